The highest BCUT2D eigenvalue weighted by Gasteiger charge is 2.28. The Morgan fingerprint density at radius 2 is 1.60 bits per heavy atom. The first-order valence-electron chi connectivity index (χ1n) is 5.32. The smallest absolute Gasteiger partial charge is 0.258 e. The molecule has 1 aromatic carbocycles. The first kappa shape index (κ1) is 14.0. The summed E-state index contributed by atoms with van der Waals surface area (Å²) in [5.41, 5.74) is -2.96. The molecule has 2 rings (SSSR count). The van der Waals surface area contributed by atoms with Gasteiger partial charge in [0.05, 0.1) is 0 Å². The highest BCUT2D eigenvalue weighted by Crippen LogP contribution is 2.26. The number of aryl methyl sites for hydroxylation is 1. The van der Waals surface area contributed by atoms with Crippen LogP contribution >= 0.6 is 0 Å². The van der Waals surface area contributed by atoms with Gasteiger partial charge in [-0.1, -0.05) is 0 Å². The highest BCUT2D eigenvalue weighted by atomic mass is 19.2. The van der Waals surface area contributed by atoms with Crippen LogP contribution in [0.15, 0.2) is 9.21 Å². The van der Waals surface area contributed by atoms with E-state index in [4.69, 9.17) is 4.42 Å². The van der Waals surface area contributed by atoms with Crippen molar-refractivity contribution >= 4 is 16.9 Å². The third kappa shape index (κ3) is 1.75. The van der Waals surface area contributed by atoms with Crippen molar-refractivity contribution in [2.75, 3.05) is 7.05 Å². The monoisotopic (exact) mass is 289 g/mol. The Balaban J connectivity index is 3.08. The molecule has 0 unspecified atom stereocenters. The Morgan fingerprint density at radius 3 is 2.15 bits per heavy atom. The van der Waals surface area contributed by atoms with Gasteiger partial charge in [-0.05, 0) is 6.92 Å². The maximum atomic E-state index is 13.6. The third-order valence-electron chi connectivity index (χ3n) is 2.74. The largest absolute Gasteiger partial charge is 0.457 e. The number of amides is 1. The van der Waals surface area contributed by atoms with Crippen LogP contribution in [-0.4, -0.2) is 13.0 Å². The lowest BCUT2D eigenvalue weighted by atomic mass is 10.1. The topological polar surface area (TPSA) is 59.3 Å². The minimum atomic E-state index is -2.14. The van der Waals surface area contributed by atoms with Gasteiger partial charge in [-0.2, -0.15) is 4.39 Å². The molecule has 0 radical (unpaired) electrons. The summed E-state index contributed by atoms with van der Waals surface area (Å²) in [6.45, 7) is 1.14. The van der Waals surface area contributed by atoms with E-state index >= 15 is 0 Å². The summed E-state index contributed by atoms with van der Waals surface area (Å²) in [4.78, 5) is 23.5. The maximum Gasteiger partial charge on any atom is 0.258 e. The van der Waals surface area contributed by atoms with Gasteiger partial charge < -0.3 is 9.73 Å². The van der Waals surface area contributed by atoms with E-state index in [0.717, 1.165) is 6.92 Å². The van der Waals surface area contributed by atoms with Gasteiger partial charge in [0, 0.05) is 7.05 Å². The Hall–Kier alpha value is -2.38. The van der Waals surface area contributed by atoms with E-state index in [-0.39, 0.29) is 5.76 Å². The summed E-state index contributed by atoms with van der Waals surface area (Å²) in [5, 5.41) is 0.957. The molecule has 4 nitrogen and oxygen atoms in total. The molecule has 0 spiro atoms. The van der Waals surface area contributed by atoms with Gasteiger partial charge >= 0.3 is 0 Å². The van der Waals surface area contributed by atoms with Crippen LogP contribution in [0.4, 0.5) is 17.6 Å². The zero-order chi connectivity index (χ0) is 15.2. The predicted molar refractivity (Wildman–Crippen MR) is 60.4 cm³/mol. The normalized spacial score (nSPS) is 10.9. The van der Waals surface area contributed by atoms with E-state index in [9.17, 15) is 27.2 Å². The Bertz CT molecular complexity index is 798. The number of fused-ring (bicyclic) bond motifs is 1. The van der Waals surface area contributed by atoms with E-state index in [1.807, 2.05) is 0 Å². The van der Waals surface area contributed by atoms with Gasteiger partial charge in [0.2, 0.25) is 17.1 Å². The van der Waals surface area contributed by atoms with E-state index in [0.29, 0.717) is 0 Å². The minimum absolute atomic E-state index is 0.342. The molecular weight excluding hydrogens is 282 g/mol. The zero-order valence-electron chi connectivity index (χ0n) is 10.2. The molecule has 0 fully saturated rings. The molecule has 0 aliphatic heterocycles. The molecule has 1 N–H and O–H groups in total. The molecule has 106 valence electrons. The molecule has 0 aliphatic carbocycles. The van der Waals surface area contributed by atoms with Gasteiger partial charge in [-0.15, -0.1) is 0 Å². The van der Waals surface area contributed by atoms with Crippen LogP contribution in [0.25, 0.3) is 11.0 Å². The van der Waals surface area contributed by atoms with Crippen molar-refractivity contribution < 1.29 is 26.8 Å². The van der Waals surface area contributed by atoms with Gasteiger partial charge in [-0.3, -0.25) is 9.59 Å². The quantitative estimate of drug-likeness (QED) is 0.496. The van der Waals surface area contributed by atoms with Gasteiger partial charge in [0.15, 0.2) is 17.2 Å². The molecule has 20 heavy (non-hydrogen) atoms. The molecule has 1 heterocycles. The van der Waals surface area contributed by atoms with Crippen LogP contribution in [-0.2, 0) is 0 Å². The minimum Gasteiger partial charge on any atom is -0.457 e. The fraction of sp³-hybridized carbons (Fsp3) is 0.167. The van der Waals surface area contributed by atoms with Crippen molar-refractivity contribution in [3.8, 4) is 0 Å². The first-order valence-corrected chi connectivity index (χ1v) is 5.32. The molecule has 0 bridgehead atoms. The average molecular weight is 289 g/mol. The number of carbonyl (C=O) groups is 1. The molecular formula is C12H7F4NO3. The van der Waals surface area contributed by atoms with Gasteiger partial charge in [-0.25, -0.2) is 13.2 Å². The van der Waals surface area contributed by atoms with E-state index < -0.39 is 51.1 Å². The van der Waals surface area contributed by atoms with Gasteiger partial charge in [0.1, 0.15) is 16.7 Å². The van der Waals surface area contributed by atoms with Crippen molar-refractivity contribution in [1.82, 2.24) is 5.32 Å². The van der Waals surface area contributed by atoms with Crippen LogP contribution in [0, 0.1) is 30.2 Å². The fourth-order valence-electron chi connectivity index (χ4n) is 1.79. The molecule has 0 saturated heterocycles. The lowest BCUT2D eigenvalue weighted by Crippen LogP contribution is -2.27. The van der Waals surface area contributed by atoms with Crippen molar-refractivity contribution in [2.24, 2.45) is 0 Å². The number of nitrogens with one attached hydrogen (secondary N) is 1. The number of benzene rings is 1. The molecule has 0 aliphatic rings. The molecule has 1 aromatic heterocycles. The summed E-state index contributed by atoms with van der Waals surface area (Å²) in [6.07, 6.45) is 0. The Morgan fingerprint density at radius 1 is 1.05 bits per heavy atom. The standard InChI is InChI=1S/C12H7F4NO3/c1-3-4(12(19)17-2)10(18)5-6(13)7(14)8(15)9(16)11(5)20-3/h1-2H3,(H,17,19). The SMILES string of the molecule is CNC(=O)c1c(C)oc2c(F)c(F)c(F)c(F)c2c1=O. The number of halogens is 4. The van der Waals surface area contributed by atoms with Crippen molar-refractivity contribution in [3.63, 3.8) is 0 Å². The van der Waals surface area contributed by atoms with Crippen LogP contribution in [0.3, 0.4) is 0 Å². The number of carbonyl (C=O) groups excluding carboxylic acids is 1. The summed E-state index contributed by atoms with van der Waals surface area (Å²) in [6, 6.07) is 0. The molecule has 8 heteroatoms. The second-order valence-corrected chi connectivity index (χ2v) is 3.90. The molecule has 2 aromatic rings. The van der Waals surface area contributed by atoms with Crippen LogP contribution in [0.2, 0.25) is 0 Å². The average Bonchev–Trinajstić information content (AvgIpc) is 2.41. The maximum absolute atomic E-state index is 13.6. The Labute approximate surface area is 109 Å². The molecule has 0 atom stereocenters. The predicted octanol–water partition coefficient (Wildman–Crippen LogP) is 2.02. The lowest BCUT2D eigenvalue weighted by molar-refractivity contribution is 0.0959. The van der Waals surface area contributed by atoms with Crippen molar-refractivity contribution in [2.45, 2.75) is 6.92 Å². The van der Waals surface area contributed by atoms with Crippen LogP contribution in [0.5, 0.6) is 0 Å². The van der Waals surface area contributed by atoms with Crippen molar-refractivity contribution in [1.29, 1.82) is 0 Å². The van der Waals surface area contributed by atoms with Crippen LogP contribution in [0.1, 0.15) is 16.1 Å². The molecule has 0 saturated carbocycles. The summed E-state index contributed by atoms with van der Waals surface area (Å²) in [5.74, 6) is -9.23. The van der Waals surface area contributed by atoms with E-state index in [1.54, 1.807) is 0 Å². The fourth-order valence-corrected chi connectivity index (χ4v) is 1.79. The number of hydrogen-bond donors (Lipinski definition) is 1. The first-order chi connectivity index (χ1) is 9.31. The number of rotatable bonds is 1. The zero-order valence-corrected chi connectivity index (χ0v) is 10.2. The second kappa shape index (κ2) is 4.62. The molecule has 1 amide bonds. The van der Waals surface area contributed by atoms with E-state index in [1.165, 1.54) is 7.05 Å². The van der Waals surface area contributed by atoms with Crippen molar-refractivity contribution in [3.05, 3.63) is 44.8 Å². The summed E-state index contributed by atoms with van der Waals surface area (Å²) < 4.78 is 58.1. The van der Waals surface area contributed by atoms with Gasteiger partial charge in [0.25, 0.3) is 5.91 Å². The third-order valence-corrected chi connectivity index (χ3v) is 2.74. The second-order valence-electron chi connectivity index (χ2n) is 3.90. The Kier molecular flexibility index (Phi) is 3.24. The summed E-state index contributed by atoms with van der Waals surface area (Å²) in [7, 11) is 1.20. The lowest BCUT2D eigenvalue weighted by Gasteiger charge is -2.08. The van der Waals surface area contributed by atoms with Crippen LogP contribution < -0.4 is 10.7 Å². The van der Waals surface area contributed by atoms with E-state index in [2.05, 4.69) is 5.32 Å². The highest BCUT2D eigenvalue weighted by molar-refractivity contribution is 5.97. The number of hydrogen-bond acceptors (Lipinski definition) is 3. The summed E-state index contributed by atoms with van der Waals surface area (Å²) >= 11 is 0.